The zero-order chi connectivity index (χ0) is 10.6. The van der Waals surface area contributed by atoms with Crippen molar-refractivity contribution in [1.82, 2.24) is 0 Å². The van der Waals surface area contributed by atoms with E-state index in [4.69, 9.17) is 9.47 Å². The molecule has 0 aromatic carbocycles. The van der Waals surface area contributed by atoms with Crippen molar-refractivity contribution in [3.63, 3.8) is 0 Å². The van der Waals surface area contributed by atoms with Crippen LogP contribution >= 0.6 is 0 Å². The van der Waals surface area contributed by atoms with Crippen LogP contribution in [0.15, 0.2) is 0 Å². The molecule has 4 nitrogen and oxygen atoms in total. The Bertz CT molecular complexity index is 224. The molecule has 80 valence electrons. The minimum atomic E-state index is -0.439. The van der Waals surface area contributed by atoms with Gasteiger partial charge in [0.15, 0.2) is 5.78 Å². The van der Waals surface area contributed by atoms with Crippen molar-refractivity contribution in [3.05, 3.63) is 0 Å². The molecule has 1 aliphatic heterocycles. The summed E-state index contributed by atoms with van der Waals surface area (Å²) < 4.78 is 9.80. The maximum Gasteiger partial charge on any atom is 0.313 e. The van der Waals surface area contributed by atoms with E-state index >= 15 is 0 Å². The van der Waals surface area contributed by atoms with E-state index in [9.17, 15) is 9.59 Å². The molecule has 0 amide bonds. The van der Waals surface area contributed by atoms with Gasteiger partial charge in [0, 0.05) is 0 Å². The number of carbonyl (C=O) groups is 2. The van der Waals surface area contributed by atoms with Gasteiger partial charge in [0.2, 0.25) is 0 Å². The van der Waals surface area contributed by atoms with Gasteiger partial charge in [-0.3, -0.25) is 9.59 Å². The van der Waals surface area contributed by atoms with Crippen molar-refractivity contribution >= 4 is 11.8 Å². The van der Waals surface area contributed by atoms with Crippen LogP contribution in [0.5, 0.6) is 0 Å². The van der Waals surface area contributed by atoms with Gasteiger partial charge in [-0.15, -0.1) is 0 Å². The van der Waals surface area contributed by atoms with Crippen LogP contribution in [0.2, 0.25) is 0 Å². The first kappa shape index (κ1) is 11.2. The molecule has 4 heteroatoms. The molecule has 0 aliphatic carbocycles. The van der Waals surface area contributed by atoms with E-state index in [1.807, 2.05) is 13.8 Å². The third-order valence-electron chi connectivity index (χ3n) is 2.11. The van der Waals surface area contributed by atoms with Crippen LogP contribution in [0.25, 0.3) is 0 Å². The van der Waals surface area contributed by atoms with Gasteiger partial charge in [-0.05, 0) is 13.3 Å². The van der Waals surface area contributed by atoms with Crippen LogP contribution in [-0.2, 0) is 19.1 Å². The molecule has 2 atom stereocenters. The first-order valence-corrected chi connectivity index (χ1v) is 4.99. The average molecular weight is 200 g/mol. The molecule has 1 fully saturated rings. The smallest absolute Gasteiger partial charge is 0.313 e. The molecule has 0 radical (unpaired) electrons. The number of ketones is 1. The molecule has 1 saturated heterocycles. The average Bonchev–Trinajstić information content (AvgIpc) is 2.83. The molecule has 0 bridgehead atoms. The van der Waals surface area contributed by atoms with Gasteiger partial charge in [-0.25, -0.2) is 0 Å². The van der Waals surface area contributed by atoms with E-state index in [1.165, 1.54) is 0 Å². The standard InChI is InChI=1S/C10H16O4/c1-3-4-5-13-9(12)6-8(11)10-7(2)14-10/h7,10H,3-6H2,1-2H3/t7-,10+/m0/s1. The third kappa shape index (κ3) is 3.46. The normalized spacial score (nSPS) is 24.4. The molecule has 1 heterocycles. The summed E-state index contributed by atoms with van der Waals surface area (Å²) >= 11 is 0. The maximum absolute atomic E-state index is 11.2. The SMILES string of the molecule is CCCCOC(=O)CC(=O)[C@@H]1O[C@H]1C. The van der Waals surface area contributed by atoms with Gasteiger partial charge >= 0.3 is 5.97 Å². The van der Waals surface area contributed by atoms with Crippen LogP contribution < -0.4 is 0 Å². The largest absolute Gasteiger partial charge is 0.465 e. The maximum atomic E-state index is 11.2. The van der Waals surface area contributed by atoms with E-state index in [0.717, 1.165) is 12.8 Å². The van der Waals surface area contributed by atoms with E-state index in [2.05, 4.69) is 0 Å². The number of hydrogen-bond acceptors (Lipinski definition) is 4. The molecule has 0 aromatic heterocycles. The summed E-state index contributed by atoms with van der Waals surface area (Å²) in [5.41, 5.74) is 0. The summed E-state index contributed by atoms with van der Waals surface area (Å²) in [7, 11) is 0. The van der Waals surface area contributed by atoms with Crippen molar-refractivity contribution in [2.24, 2.45) is 0 Å². The van der Waals surface area contributed by atoms with Gasteiger partial charge < -0.3 is 9.47 Å². The van der Waals surface area contributed by atoms with Crippen LogP contribution in [0.1, 0.15) is 33.1 Å². The monoisotopic (exact) mass is 200 g/mol. The van der Waals surface area contributed by atoms with Crippen LogP contribution in [0.4, 0.5) is 0 Å². The number of rotatable bonds is 6. The lowest BCUT2D eigenvalue weighted by Gasteiger charge is -2.01. The second-order valence-corrected chi connectivity index (χ2v) is 3.48. The number of ether oxygens (including phenoxy) is 2. The van der Waals surface area contributed by atoms with Crippen molar-refractivity contribution < 1.29 is 19.1 Å². The number of Topliss-reactive ketones (excluding diaryl/α,β-unsaturated/α-hetero) is 1. The highest BCUT2D eigenvalue weighted by molar-refractivity contribution is 5.99. The third-order valence-corrected chi connectivity index (χ3v) is 2.11. The minimum Gasteiger partial charge on any atom is -0.465 e. The fourth-order valence-electron chi connectivity index (χ4n) is 1.15. The van der Waals surface area contributed by atoms with Crippen molar-refractivity contribution in [1.29, 1.82) is 0 Å². The van der Waals surface area contributed by atoms with E-state index in [1.54, 1.807) is 0 Å². The predicted octanol–water partition coefficient (Wildman–Crippen LogP) is 1.08. The van der Waals surface area contributed by atoms with Crippen LogP contribution in [0.3, 0.4) is 0 Å². The Balaban J connectivity index is 2.10. The van der Waals surface area contributed by atoms with Gasteiger partial charge in [-0.1, -0.05) is 13.3 Å². The number of carbonyl (C=O) groups excluding carboxylic acids is 2. The summed E-state index contributed by atoms with van der Waals surface area (Å²) in [6.07, 6.45) is 1.28. The Morgan fingerprint density at radius 2 is 2.07 bits per heavy atom. The lowest BCUT2D eigenvalue weighted by molar-refractivity contribution is -0.146. The highest BCUT2D eigenvalue weighted by Gasteiger charge is 2.41. The summed E-state index contributed by atoms with van der Waals surface area (Å²) in [5, 5.41) is 0. The van der Waals surface area contributed by atoms with Gasteiger partial charge in [-0.2, -0.15) is 0 Å². The second kappa shape index (κ2) is 5.10. The second-order valence-electron chi connectivity index (χ2n) is 3.48. The lowest BCUT2D eigenvalue weighted by Crippen LogP contribution is -2.16. The Morgan fingerprint density at radius 3 is 2.57 bits per heavy atom. The van der Waals surface area contributed by atoms with Crippen molar-refractivity contribution in [2.75, 3.05) is 6.61 Å². The molecule has 0 N–H and O–H groups in total. The highest BCUT2D eigenvalue weighted by atomic mass is 16.6. The van der Waals surface area contributed by atoms with E-state index < -0.39 is 5.97 Å². The number of epoxide rings is 1. The molecule has 0 aromatic rings. The lowest BCUT2D eigenvalue weighted by atomic mass is 10.2. The molecular weight excluding hydrogens is 184 g/mol. The quantitative estimate of drug-likeness (QED) is 0.278. The molecule has 0 spiro atoms. The van der Waals surface area contributed by atoms with Gasteiger partial charge in [0.25, 0.3) is 0 Å². The number of hydrogen-bond donors (Lipinski definition) is 0. The Morgan fingerprint density at radius 1 is 1.43 bits per heavy atom. The predicted molar refractivity (Wildman–Crippen MR) is 49.8 cm³/mol. The Labute approximate surface area is 83.6 Å². The van der Waals surface area contributed by atoms with E-state index in [0.29, 0.717) is 6.61 Å². The zero-order valence-electron chi connectivity index (χ0n) is 8.62. The van der Waals surface area contributed by atoms with Gasteiger partial charge in [0.1, 0.15) is 12.5 Å². The van der Waals surface area contributed by atoms with E-state index in [-0.39, 0.29) is 24.4 Å². The summed E-state index contributed by atoms with van der Waals surface area (Å²) in [6, 6.07) is 0. The first-order valence-electron chi connectivity index (χ1n) is 4.99. The Kier molecular flexibility index (Phi) is 4.07. The molecule has 1 aliphatic rings. The van der Waals surface area contributed by atoms with Gasteiger partial charge in [0.05, 0.1) is 12.7 Å². The molecule has 1 rings (SSSR count). The fraction of sp³-hybridized carbons (Fsp3) is 0.800. The molecule has 0 unspecified atom stereocenters. The van der Waals surface area contributed by atoms with Crippen molar-refractivity contribution in [2.45, 2.75) is 45.3 Å². The topological polar surface area (TPSA) is 55.9 Å². The van der Waals surface area contributed by atoms with Crippen LogP contribution in [-0.4, -0.2) is 30.6 Å². The summed E-state index contributed by atoms with van der Waals surface area (Å²) in [6.45, 7) is 4.23. The van der Waals surface area contributed by atoms with Crippen LogP contribution in [0, 0.1) is 0 Å². The molecule has 14 heavy (non-hydrogen) atoms. The summed E-state index contributed by atoms with van der Waals surface area (Å²) in [4.78, 5) is 22.3. The molecular formula is C10H16O4. The zero-order valence-corrected chi connectivity index (χ0v) is 8.62. The fourth-order valence-corrected chi connectivity index (χ4v) is 1.15. The highest BCUT2D eigenvalue weighted by Crippen LogP contribution is 2.22. The first-order chi connectivity index (χ1) is 6.65. The number of esters is 1. The molecule has 0 saturated carbocycles. The van der Waals surface area contributed by atoms with Crippen molar-refractivity contribution in [3.8, 4) is 0 Å². The summed E-state index contributed by atoms with van der Waals surface area (Å²) in [5.74, 6) is -0.606. The Hall–Kier alpha value is -0.900. The minimum absolute atomic E-state index is 0.0223. The number of unbranched alkanes of at least 4 members (excludes halogenated alkanes) is 1.